The van der Waals surface area contributed by atoms with E-state index in [0.717, 1.165) is 28.0 Å². The first-order valence-corrected chi connectivity index (χ1v) is 12.8. The molecule has 1 heterocycles. The Balaban J connectivity index is 1.87. The van der Waals surface area contributed by atoms with Gasteiger partial charge in [0, 0.05) is 5.41 Å². The third kappa shape index (κ3) is 3.84. The molecular weight excluding hydrogens is 446 g/mol. The van der Waals surface area contributed by atoms with Crippen LogP contribution in [0.15, 0.2) is 126 Å². The highest BCUT2D eigenvalue weighted by Crippen LogP contribution is 2.68. The molecule has 0 saturated carbocycles. The molecule has 1 aliphatic rings. The smallest absolute Gasteiger partial charge is 0.251 e. The molecule has 1 amide bonds. The van der Waals surface area contributed by atoms with Crippen LogP contribution in [-0.2, 0) is 14.3 Å². The van der Waals surface area contributed by atoms with E-state index in [0.29, 0.717) is 0 Å². The van der Waals surface area contributed by atoms with Gasteiger partial charge in [-0.2, -0.15) is 0 Å². The Morgan fingerprint density at radius 2 is 0.857 bits per heavy atom. The van der Waals surface area contributed by atoms with Crippen LogP contribution >= 0.6 is 11.8 Å². The Labute approximate surface area is 212 Å². The van der Waals surface area contributed by atoms with Gasteiger partial charge in [-0.1, -0.05) is 142 Å². The molecule has 174 valence electrons. The van der Waals surface area contributed by atoms with Gasteiger partial charge in [-0.25, -0.2) is 4.99 Å². The summed E-state index contributed by atoms with van der Waals surface area (Å²) in [4.78, 5) is 18.6. The van der Waals surface area contributed by atoms with Crippen molar-refractivity contribution in [2.45, 2.75) is 30.3 Å². The molecule has 0 atom stereocenters. The topological polar surface area (TPSA) is 29.4 Å². The van der Waals surface area contributed by atoms with Gasteiger partial charge in [0.15, 0.2) is 0 Å². The molecule has 5 rings (SSSR count). The van der Waals surface area contributed by atoms with Crippen molar-refractivity contribution in [3.05, 3.63) is 144 Å². The summed E-state index contributed by atoms with van der Waals surface area (Å²) in [7, 11) is 0. The number of hydrogen-bond donors (Lipinski definition) is 0. The fraction of sp³-hybridized carbons (Fsp3) is 0.188. The van der Waals surface area contributed by atoms with Crippen LogP contribution in [-0.4, -0.2) is 11.6 Å². The molecule has 0 aliphatic carbocycles. The van der Waals surface area contributed by atoms with Crippen LogP contribution in [0, 0.1) is 5.41 Å². The van der Waals surface area contributed by atoms with Gasteiger partial charge in [0.2, 0.25) is 0 Å². The van der Waals surface area contributed by atoms with Gasteiger partial charge in [-0.3, -0.25) is 4.79 Å². The van der Waals surface area contributed by atoms with E-state index in [1.165, 1.54) is 0 Å². The van der Waals surface area contributed by atoms with Gasteiger partial charge in [-0.15, -0.1) is 11.8 Å². The molecule has 0 aromatic heterocycles. The Bertz CT molecular complexity index is 1170. The number of amides is 1. The van der Waals surface area contributed by atoms with Crippen LogP contribution in [0.5, 0.6) is 0 Å². The quantitative estimate of drug-likeness (QED) is 0.304. The molecule has 0 N–H and O–H groups in total. The standard InChI is InChI=1S/C32H29NOS/c1-30(2,3)29(34)33-28-31(24-16-8-4-9-17-24,25-18-10-5-11-19-25)35-32(28,26-20-12-6-13-21-26)27-22-14-7-15-23-27/h4-23H,1-3H3. The van der Waals surface area contributed by atoms with Crippen molar-refractivity contribution in [1.82, 2.24) is 0 Å². The number of hydrogen-bond acceptors (Lipinski definition) is 2. The molecule has 4 aromatic carbocycles. The third-order valence-corrected chi connectivity index (χ3v) is 8.49. The molecule has 0 bridgehead atoms. The van der Waals surface area contributed by atoms with Crippen molar-refractivity contribution in [2.24, 2.45) is 10.4 Å². The van der Waals surface area contributed by atoms with Crippen molar-refractivity contribution in [3.8, 4) is 0 Å². The minimum atomic E-state index is -0.592. The van der Waals surface area contributed by atoms with E-state index in [2.05, 4.69) is 97.1 Å². The molecule has 35 heavy (non-hydrogen) atoms. The SMILES string of the molecule is CC(C)(C)C(=O)N=C1C(c2ccccc2)(c2ccccc2)SC1(c1ccccc1)c1ccccc1. The van der Waals surface area contributed by atoms with Gasteiger partial charge in [-0.05, 0) is 22.3 Å². The summed E-state index contributed by atoms with van der Waals surface area (Å²) in [5.41, 5.74) is 4.77. The first-order valence-electron chi connectivity index (χ1n) is 12.0. The lowest BCUT2D eigenvalue weighted by molar-refractivity contribution is -0.124. The van der Waals surface area contributed by atoms with E-state index in [-0.39, 0.29) is 5.91 Å². The second-order valence-corrected chi connectivity index (χ2v) is 11.4. The zero-order chi connectivity index (χ0) is 24.5. The van der Waals surface area contributed by atoms with Crippen molar-refractivity contribution < 1.29 is 4.79 Å². The maximum atomic E-state index is 13.6. The minimum absolute atomic E-state index is 0.111. The maximum absolute atomic E-state index is 13.6. The first kappa shape index (κ1) is 23.3. The van der Waals surface area contributed by atoms with E-state index in [1.807, 2.05) is 56.8 Å². The van der Waals surface area contributed by atoms with Crippen LogP contribution in [0.3, 0.4) is 0 Å². The maximum Gasteiger partial charge on any atom is 0.251 e. The highest BCUT2D eigenvalue weighted by molar-refractivity contribution is 8.05. The number of benzene rings is 4. The van der Waals surface area contributed by atoms with E-state index in [9.17, 15) is 4.79 Å². The van der Waals surface area contributed by atoms with Crippen LogP contribution < -0.4 is 0 Å². The number of aliphatic imine (C=N–C) groups is 1. The molecule has 0 spiro atoms. The summed E-state index contributed by atoms with van der Waals surface area (Å²) in [6.45, 7) is 5.81. The molecule has 1 saturated heterocycles. The van der Waals surface area contributed by atoms with Crippen molar-refractivity contribution in [2.75, 3.05) is 0 Å². The molecule has 0 radical (unpaired) electrons. The van der Waals surface area contributed by atoms with Crippen LogP contribution in [0.1, 0.15) is 43.0 Å². The Hall–Kier alpha value is -3.43. The van der Waals surface area contributed by atoms with Crippen LogP contribution in [0.2, 0.25) is 0 Å². The summed E-state index contributed by atoms with van der Waals surface area (Å²) in [5.74, 6) is -0.111. The highest BCUT2D eigenvalue weighted by atomic mass is 32.2. The zero-order valence-electron chi connectivity index (χ0n) is 20.3. The van der Waals surface area contributed by atoms with Crippen molar-refractivity contribution in [3.63, 3.8) is 0 Å². The lowest BCUT2D eigenvalue weighted by atomic mass is 9.73. The molecular formula is C32H29NOS. The monoisotopic (exact) mass is 475 g/mol. The lowest BCUT2D eigenvalue weighted by Gasteiger charge is -2.57. The average Bonchev–Trinajstić information content (AvgIpc) is 2.89. The number of carbonyl (C=O) groups is 1. The van der Waals surface area contributed by atoms with Gasteiger partial charge < -0.3 is 0 Å². The van der Waals surface area contributed by atoms with Gasteiger partial charge >= 0.3 is 0 Å². The highest BCUT2D eigenvalue weighted by Gasteiger charge is 2.65. The zero-order valence-corrected chi connectivity index (χ0v) is 21.1. The molecule has 2 nitrogen and oxygen atoms in total. The number of carbonyl (C=O) groups excluding carboxylic acids is 1. The molecule has 0 unspecified atom stereocenters. The Kier molecular flexibility index (Phi) is 5.98. The largest absolute Gasteiger partial charge is 0.272 e. The summed E-state index contributed by atoms with van der Waals surface area (Å²) in [6.07, 6.45) is 0. The van der Waals surface area contributed by atoms with Gasteiger partial charge in [0.05, 0.1) is 5.71 Å². The van der Waals surface area contributed by atoms with E-state index in [1.54, 1.807) is 0 Å². The summed E-state index contributed by atoms with van der Waals surface area (Å²) in [6, 6.07) is 41.8. The van der Waals surface area contributed by atoms with Crippen molar-refractivity contribution >= 4 is 23.4 Å². The number of nitrogens with zero attached hydrogens (tertiary/aromatic N) is 1. The summed E-state index contributed by atoms with van der Waals surface area (Å²) in [5, 5.41) is 0. The normalized spacial score (nSPS) is 16.3. The molecule has 1 fully saturated rings. The van der Waals surface area contributed by atoms with Crippen molar-refractivity contribution in [1.29, 1.82) is 0 Å². The Morgan fingerprint density at radius 3 is 1.11 bits per heavy atom. The second kappa shape index (κ2) is 8.98. The second-order valence-electron chi connectivity index (χ2n) is 9.94. The lowest BCUT2D eigenvalue weighted by Crippen LogP contribution is -2.59. The molecule has 1 aliphatic heterocycles. The Morgan fingerprint density at radius 1 is 0.571 bits per heavy atom. The van der Waals surface area contributed by atoms with E-state index >= 15 is 0 Å². The van der Waals surface area contributed by atoms with Crippen LogP contribution in [0.4, 0.5) is 0 Å². The summed E-state index contributed by atoms with van der Waals surface area (Å²) < 4.78 is -1.18. The average molecular weight is 476 g/mol. The fourth-order valence-corrected chi connectivity index (χ4v) is 6.67. The van der Waals surface area contributed by atoms with Crippen LogP contribution in [0.25, 0.3) is 0 Å². The predicted molar refractivity (Wildman–Crippen MR) is 147 cm³/mol. The summed E-state index contributed by atoms with van der Waals surface area (Å²) >= 11 is 1.86. The molecule has 3 heteroatoms. The third-order valence-electron chi connectivity index (χ3n) is 6.55. The molecule has 4 aromatic rings. The number of thioether (sulfide) groups is 1. The number of rotatable bonds is 4. The predicted octanol–water partition coefficient (Wildman–Crippen LogP) is 7.63. The van der Waals surface area contributed by atoms with E-state index < -0.39 is 14.9 Å². The first-order chi connectivity index (χ1) is 16.9. The minimum Gasteiger partial charge on any atom is -0.272 e. The fourth-order valence-electron chi connectivity index (χ4n) is 4.76. The van der Waals surface area contributed by atoms with Gasteiger partial charge in [0.25, 0.3) is 5.91 Å². The van der Waals surface area contributed by atoms with Gasteiger partial charge in [0.1, 0.15) is 9.49 Å². The van der Waals surface area contributed by atoms with E-state index in [4.69, 9.17) is 4.99 Å².